The summed E-state index contributed by atoms with van der Waals surface area (Å²) in [6.45, 7) is 7.80. The number of anilines is 1. The van der Waals surface area contributed by atoms with E-state index in [9.17, 15) is 0 Å². The van der Waals surface area contributed by atoms with E-state index in [1.807, 2.05) is 0 Å². The molecule has 0 amide bonds. The Morgan fingerprint density at radius 1 is 1.29 bits per heavy atom. The highest BCUT2D eigenvalue weighted by molar-refractivity contribution is 5.46. The van der Waals surface area contributed by atoms with Gasteiger partial charge in [-0.1, -0.05) is 6.92 Å². The minimum atomic E-state index is 0.447. The largest absolute Gasteiger partial charge is 0.363 e. The van der Waals surface area contributed by atoms with E-state index in [2.05, 4.69) is 53.2 Å². The predicted octanol–water partition coefficient (Wildman–Crippen LogP) is 3.35. The topological polar surface area (TPSA) is 33.1 Å². The van der Waals surface area contributed by atoms with Crippen LogP contribution in [0.15, 0.2) is 12.4 Å². The normalized spacial score (nSPS) is 29.1. The number of hydrogen-bond donors (Lipinski definition) is 1. The lowest BCUT2D eigenvalue weighted by atomic mass is 9.81. The lowest BCUT2D eigenvalue weighted by molar-refractivity contribution is 0.246. The van der Waals surface area contributed by atoms with Gasteiger partial charge in [-0.25, -0.2) is 0 Å². The molecule has 1 aromatic rings. The Balaban J connectivity index is 1.73. The summed E-state index contributed by atoms with van der Waals surface area (Å²) in [6.07, 6.45) is 12.2. The average molecular weight is 290 g/mol. The first kappa shape index (κ1) is 14.9. The van der Waals surface area contributed by atoms with Crippen LogP contribution in [0.1, 0.15) is 65.3 Å². The van der Waals surface area contributed by atoms with Crippen molar-refractivity contribution in [2.45, 2.75) is 83.5 Å². The molecule has 4 heteroatoms. The van der Waals surface area contributed by atoms with Crippen LogP contribution in [0.5, 0.6) is 0 Å². The van der Waals surface area contributed by atoms with E-state index in [1.165, 1.54) is 44.2 Å². The van der Waals surface area contributed by atoms with Crippen LogP contribution in [0.4, 0.5) is 5.69 Å². The van der Waals surface area contributed by atoms with Gasteiger partial charge in [0.1, 0.15) is 0 Å². The molecule has 3 rings (SSSR count). The molecule has 0 spiro atoms. The summed E-state index contributed by atoms with van der Waals surface area (Å²) in [5, 5.41) is 8.29. The van der Waals surface area contributed by atoms with Crippen LogP contribution >= 0.6 is 0 Å². The molecule has 4 nitrogen and oxygen atoms in total. The van der Waals surface area contributed by atoms with Crippen molar-refractivity contribution in [2.75, 3.05) is 11.4 Å². The van der Waals surface area contributed by atoms with Gasteiger partial charge in [0.25, 0.3) is 0 Å². The summed E-state index contributed by atoms with van der Waals surface area (Å²) in [7, 11) is 0. The van der Waals surface area contributed by atoms with Crippen molar-refractivity contribution in [1.29, 1.82) is 0 Å². The molecule has 0 radical (unpaired) electrons. The maximum absolute atomic E-state index is 4.55. The van der Waals surface area contributed by atoms with Gasteiger partial charge in [0.05, 0.1) is 11.9 Å². The summed E-state index contributed by atoms with van der Waals surface area (Å²) in [5.41, 5.74) is 1.34. The van der Waals surface area contributed by atoms with Gasteiger partial charge in [-0.3, -0.25) is 4.68 Å². The molecule has 1 N–H and O–H groups in total. The van der Waals surface area contributed by atoms with Gasteiger partial charge in [0, 0.05) is 30.4 Å². The van der Waals surface area contributed by atoms with Crippen molar-refractivity contribution in [3.8, 4) is 0 Å². The van der Waals surface area contributed by atoms with Crippen molar-refractivity contribution >= 4 is 5.69 Å². The SMILES string of the molecule is CCCNC1CC2CCCC(C1)N2c1cnn(C(C)C)c1. The Bertz CT molecular complexity index is 439. The highest BCUT2D eigenvalue weighted by atomic mass is 15.3. The highest BCUT2D eigenvalue weighted by Crippen LogP contribution is 2.37. The van der Waals surface area contributed by atoms with E-state index in [4.69, 9.17) is 0 Å². The second-order valence-corrected chi connectivity index (χ2v) is 7.04. The zero-order chi connectivity index (χ0) is 14.8. The highest BCUT2D eigenvalue weighted by Gasteiger charge is 2.38. The molecule has 0 aromatic carbocycles. The van der Waals surface area contributed by atoms with Crippen molar-refractivity contribution in [1.82, 2.24) is 15.1 Å². The average Bonchev–Trinajstić information content (AvgIpc) is 2.93. The Morgan fingerprint density at radius 3 is 2.57 bits per heavy atom. The van der Waals surface area contributed by atoms with E-state index in [1.54, 1.807) is 0 Å². The van der Waals surface area contributed by atoms with Gasteiger partial charge in [0.2, 0.25) is 0 Å². The molecule has 0 saturated carbocycles. The smallest absolute Gasteiger partial charge is 0.0757 e. The van der Waals surface area contributed by atoms with E-state index in [-0.39, 0.29) is 0 Å². The van der Waals surface area contributed by atoms with Crippen molar-refractivity contribution in [2.24, 2.45) is 0 Å². The van der Waals surface area contributed by atoms with Crippen LogP contribution in [-0.4, -0.2) is 34.5 Å². The van der Waals surface area contributed by atoms with Crippen LogP contribution in [0.25, 0.3) is 0 Å². The predicted molar refractivity (Wildman–Crippen MR) is 87.8 cm³/mol. The van der Waals surface area contributed by atoms with Crippen LogP contribution in [0, 0.1) is 0 Å². The summed E-state index contributed by atoms with van der Waals surface area (Å²) >= 11 is 0. The van der Waals surface area contributed by atoms with Gasteiger partial charge in [-0.15, -0.1) is 0 Å². The molecule has 2 aliphatic rings. The molecule has 2 atom stereocenters. The van der Waals surface area contributed by atoms with Crippen LogP contribution < -0.4 is 10.2 Å². The Labute approximate surface area is 128 Å². The van der Waals surface area contributed by atoms with E-state index >= 15 is 0 Å². The molecular formula is C17H30N4. The van der Waals surface area contributed by atoms with Crippen molar-refractivity contribution in [3.05, 3.63) is 12.4 Å². The van der Waals surface area contributed by atoms with Gasteiger partial charge in [-0.05, 0) is 58.9 Å². The fourth-order valence-corrected chi connectivity index (χ4v) is 4.06. The summed E-state index contributed by atoms with van der Waals surface area (Å²) < 4.78 is 2.09. The first-order valence-corrected chi connectivity index (χ1v) is 8.75. The van der Waals surface area contributed by atoms with Crippen LogP contribution in [-0.2, 0) is 0 Å². The maximum atomic E-state index is 4.55. The Morgan fingerprint density at radius 2 is 2.00 bits per heavy atom. The zero-order valence-corrected chi connectivity index (χ0v) is 13.8. The summed E-state index contributed by atoms with van der Waals surface area (Å²) in [4.78, 5) is 2.68. The number of aromatic nitrogens is 2. The first-order valence-electron chi connectivity index (χ1n) is 8.75. The molecule has 0 aliphatic carbocycles. The summed E-state index contributed by atoms with van der Waals surface area (Å²) in [5.74, 6) is 0. The minimum absolute atomic E-state index is 0.447. The number of hydrogen-bond acceptors (Lipinski definition) is 3. The van der Waals surface area contributed by atoms with Gasteiger partial charge < -0.3 is 10.2 Å². The third kappa shape index (κ3) is 3.10. The van der Waals surface area contributed by atoms with Gasteiger partial charge >= 0.3 is 0 Å². The standard InChI is InChI=1S/C17H30N4/c1-4-8-18-14-9-15-6-5-7-16(10-14)21(15)17-11-19-20(12-17)13(2)3/h11-16,18H,4-10H2,1-3H3. The van der Waals surface area contributed by atoms with Crippen LogP contribution in [0.3, 0.4) is 0 Å². The summed E-state index contributed by atoms with van der Waals surface area (Å²) in [6, 6.07) is 2.58. The fourth-order valence-electron chi connectivity index (χ4n) is 4.06. The molecule has 2 bridgehead atoms. The molecule has 21 heavy (non-hydrogen) atoms. The maximum Gasteiger partial charge on any atom is 0.0757 e. The molecule has 2 unspecified atom stereocenters. The molecule has 1 aromatic heterocycles. The third-order valence-electron chi connectivity index (χ3n) is 5.07. The molecule has 2 fully saturated rings. The van der Waals surface area contributed by atoms with Gasteiger partial charge in [-0.2, -0.15) is 5.10 Å². The molecule has 118 valence electrons. The molecule has 2 saturated heterocycles. The van der Waals surface area contributed by atoms with Crippen molar-refractivity contribution in [3.63, 3.8) is 0 Å². The van der Waals surface area contributed by atoms with Crippen LogP contribution in [0.2, 0.25) is 0 Å². The quantitative estimate of drug-likeness (QED) is 0.902. The monoisotopic (exact) mass is 290 g/mol. The lowest BCUT2D eigenvalue weighted by Crippen LogP contribution is -2.56. The fraction of sp³-hybridized carbons (Fsp3) is 0.824. The zero-order valence-electron chi connectivity index (χ0n) is 13.8. The molecular weight excluding hydrogens is 260 g/mol. The lowest BCUT2D eigenvalue weighted by Gasteiger charge is -2.50. The Kier molecular flexibility index (Phi) is 4.53. The number of piperidine rings is 2. The number of fused-ring (bicyclic) bond motifs is 2. The Hall–Kier alpha value is -1.03. The molecule has 2 aliphatic heterocycles. The second kappa shape index (κ2) is 6.39. The third-order valence-corrected chi connectivity index (χ3v) is 5.07. The van der Waals surface area contributed by atoms with Crippen molar-refractivity contribution < 1.29 is 0 Å². The number of nitrogens with zero attached hydrogens (tertiary/aromatic N) is 3. The van der Waals surface area contributed by atoms with Gasteiger partial charge in [0.15, 0.2) is 0 Å². The first-order chi connectivity index (χ1) is 10.2. The minimum Gasteiger partial charge on any atom is -0.363 e. The van der Waals surface area contributed by atoms with E-state index < -0.39 is 0 Å². The van der Waals surface area contributed by atoms with E-state index in [0.29, 0.717) is 18.1 Å². The number of rotatable bonds is 5. The number of nitrogens with one attached hydrogen (secondary N) is 1. The molecule has 3 heterocycles. The van der Waals surface area contributed by atoms with E-state index in [0.717, 1.165) is 12.6 Å². The second-order valence-electron chi connectivity index (χ2n) is 7.04.